The van der Waals surface area contributed by atoms with Crippen LogP contribution in [0.3, 0.4) is 0 Å². The Morgan fingerprint density at radius 3 is 2.57 bits per heavy atom. The summed E-state index contributed by atoms with van der Waals surface area (Å²) in [5.74, 6) is 0.255. The molecule has 1 aromatic carbocycles. The lowest BCUT2D eigenvalue weighted by molar-refractivity contribution is 0.584. The lowest BCUT2D eigenvalue weighted by Gasteiger charge is -2.08. The lowest BCUT2D eigenvalue weighted by Crippen LogP contribution is -2.28. The zero-order valence-electron chi connectivity index (χ0n) is 13.0. The minimum absolute atomic E-state index is 0.190. The summed E-state index contributed by atoms with van der Waals surface area (Å²) in [4.78, 5) is 4.12. The summed E-state index contributed by atoms with van der Waals surface area (Å²) >= 11 is 1.18. The first-order chi connectivity index (χ1) is 10.9. The van der Waals surface area contributed by atoms with Gasteiger partial charge in [0, 0.05) is 12.2 Å². The van der Waals surface area contributed by atoms with E-state index in [4.69, 9.17) is 5.73 Å². The van der Waals surface area contributed by atoms with Crippen LogP contribution >= 0.6 is 11.3 Å². The molecule has 1 heterocycles. The number of aliphatic imine (C=N–C) groups is 1. The molecule has 0 unspecified atom stereocenters. The van der Waals surface area contributed by atoms with Crippen LogP contribution in [0, 0.1) is 13.8 Å². The number of benzene rings is 1. The molecule has 8 heteroatoms. The van der Waals surface area contributed by atoms with Gasteiger partial charge in [-0.2, -0.15) is 0 Å². The van der Waals surface area contributed by atoms with E-state index in [0.717, 1.165) is 16.8 Å². The number of nitrogens with one attached hydrogen (secondary N) is 2. The molecule has 0 saturated heterocycles. The minimum Gasteiger partial charge on any atom is -0.370 e. The zero-order chi connectivity index (χ0) is 16.9. The van der Waals surface area contributed by atoms with E-state index >= 15 is 0 Å². The Morgan fingerprint density at radius 1 is 1.26 bits per heavy atom. The monoisotopic (exact) mass is 352 g/mol. The summed E-state index contributed by atoms with van der Waals surface area (Å²) in [6.07, 6.45) is 0. The fraction of sp³-hybridized carbons (Fsp3) is 0.267. The van der Waals surface area contributed by atoms with Gasteiger partial charge in [-0.05, 0) is 48.6 Å². The van der Waals surface area contributed by atoms with Crippen molar-refractivity contribution in [2.24, 2.45) is 10.7 Å². The van der Waals surface area contributed by atoms with E-state index in [1.165, 1.54) is 11.3 Å². The summed E-state index contributed by atoms with van der Waals surface area (Å²) in [6, 6.07) is 9.26. The fourth-order valence-corrected chi connectivity index (χ4v) is 4.14. The second-order valence-corrected chi connectivity index (χ2v) is 8.04. The first-order valence-corrected chi connectivity index (χ1v) is 9.41. The van der Waals surface area contributed by atoms with Crippen molar-refractivity contribution in [3.63, 3.8) is 0 Å². The maximum atomic E-state index is 11.9. The Labute approximate surface area is 140 Å². The number of thiophene rings is 1. The van der Waals surface area contributed by atoms with E-state index in [1.54, 1.807) is 17.5 Å². The van der Waals surface area contributed by atoms with Crippen molar-refractivity contribution < 1.29 is 8.42 Å². The van der Waals surface area contributed by atoms with Crippen LogP contribution < -0.4 is 15.8 Å². The molecule has 0 bridgehead atoms. The van der Waals surface area contributed by atoms with Crippen LogP contribution in [0.4, 0.5) is 5.69 Å². The Morgan fingerprint density at radius 2 is 1.96 bits per heavy atom. The molecule has 0 fully saturated rings. The molecule has 0 aliphatic carbocycles. The molecule has 0 radical (unpaired) electrons. The number of rotatable bonds is 6. The molecule has 0 saturated carbocycles. The smallest absolute Gasteiger partial charge is 0.250 e. The summed E-state index contributed by atoms with van der Waals surface area (Å²) in [6.45, 7) is 4.46. The summed E-state index contributed by atoms with van der Waals surface area (Å²) in [5.41, 5.74) is 8.94. The summed E-state index contributed by atoms with van der Waals surface area (Å²) in [5, 5.41) is 4.72. The second-order valence-electron chi connectivity index (χ2n) is 5.10. The van der Waals surface area contributed by atoms with Crippen molar-refractivity contribution in [3.8, 4) is 0 Å². The van der Waals surface area contributed by atoms with Crippen molar-refractivity contribution in [3.05, 3.63) is 46.8 Å². The van der Waals surface area contributed by atoms with Crippen LogP contribution in [0.5, 0.6) is 0 Å². The number of hydrogen-bond donors (Lipinski definition) is 3. The molecule has 0 atom stereocenters. The third-order valence-electron chi connectivity index (χ3n) is 2.94. The standard InChI is InChI=1S/C15H20N4O2S2/c1-11-8-12(2)10-13(9-11)19-15(16)17-5-6-18-23(20,21)14-4-3-7-22-14/h3-4,7-10,18H,5-6H2,1-2H3,(H3,16,17,19). The van der Waals surface area contributed by atoms with E-state index in [1.807, 2.05) is 26.0 Å². The molecule has 2 rings (SSSR count). The highest BCUT2D eigenvalue weighted by Crippen LogP contribution is 2.15. The number of guanidine groups is 1. The number of nitrogens with zero attached hydrogens (tertiary/aromatic N) is 1. The molecule has 0 aliphatic heterocycles. The molecular formula is C15H20N4O2S2. The van der Waals surface area contributed by atoms with Gasteiger partial charge in [0.05, 0.1) is 6.54 Å². The number of hydrogen-bond acceptors (Lipinski definition) is 4. The van der Waals surface area contributed by atoms with E-state index in [2.05, 4.69) is 21.1 Å². The second kappa shape index (κ2) is 7.58. The molecule has 1 aromatic heterocycles. The average molecular weight is 352 g/mol. The highest BCUT2D eigenvalue weighted by Gasteiger charge is 2.13. The highest BCUT2D eigenvalue weighted by atomic mass is 32.2. The topological polar surface area (TPSA) is 96.6 Å². The van der Waals surface area contributed by atoms with Gasteiger partial charge in [0.1, 0.15) is 4.21 Å². The maximum Gasteiger partial charge on any atom is 0.250 e. The summed E-state index contributed by atoms with van der Waals surface area (Å²) in [7, 11) is -3.45. The molecule has 4 N–H and O–H groups in total. The van der Waals surface area contributed by atoms with E-state index in [9.17, 15) is 8.42 Å². The van der Waals surface area contributed by atoms with Crippen LogP contribution in [-0.2, 0) is 10.0 Å². The van der Waals surface area contributed by atoms with Crippen molar-refractivity contribution in [2.45, 2.75) is 18.1 Å². The van der Waals surface area contributed by atoms with Gasteiger partial charge in [0.2, 0.25) is 10.0 Å². The zero-order valence-corrected chi connectivity index (χ0v) is 14.7. The number of sulfonamides is 1. The predicted molar refractivity (Wildman–Crippen MR) is 95.5 cm³/mol. The molecule has 124 valence electrons. The number of nitrogens with two attached hydrogens (primary N) is 1. The first-order valence-electron chi connectivity index (χ1n) is 7.05. The van der Waals surface area contributed by atoms with Gasteiger partial charge >= 0.3 is 0 Å². The Balaban J connectivity index is 1.86. The molecular weight excluding hydrogens is 332 g/mol. The van der Waals surface area contributed by atoms with Crippen LogP contribution in [0.2, 0.25) is 0 Å². The van der Waals surface area contributed by atoms with Crippen LogP contribution in [0.15, 0.2) is 44.9 Å². The van der Waals surface area contributed by atoms with E-state index < -0.39 is 10.0 Å². The summed E-state index contributed by atoms with van der Waals surface area (Å²) < 4.78 is 26.6. The van der Waals surface area contributed by atoms with Crippen LogP contribution in [-0.4, -0.2) is 27.5 Å². The molecule has 2 aromatic rings. The highest BCUT2D eigenvalue weighted by molar-refractivity contribution is 7.91. The van der Waals surface area contributed by atoms with Gasteiger partial charge in [-0.3, -0.25) is 4.99 Å². The molecule has 23 heavy (non-hydrogen) atoms. The fourth-order valence-electron chi connectivity index (χ4n) is 2.08. The van der Waals surface area contributed by atoms with Crippen molar-refractivity contribution in [2.75, 3.05) is 18.4 Å². The Bertz CT molecular complexity index is 764. The Kier molecular flexibility index (Phi) is 5.75. The first kappa shape index (κ1) is 17.5. The van der Waals surface area contributed by atoms with Gasteiger partial charge in [0.15, 0.2) is 5.96 Å². The largest absolute Gasteiger partial charge is 0.370 e. The Hall–Kier alpha value is -1.90. The van der Waals surface area contributed by atoms with Crippen molar-refractivity contribution >= 4 is 33.0 Å². The quantitative estimate of drug-likeness (QED) is 0.421. The maximum absolute atomic E-state index is 11.9. The normalized spacial score (nSPS) is 12.3. The van der Waals surface area contributed by atoms with Gasteiger partial charge < -0.3 is 11.1 Å². The van der Waals surface area contributed by atoms with E-state index in [0.29, 0.717) is 4.21 Å². The van der Waals surface area contributed by atoms with Crippen LogP contribution in [0.1, 0.15) is 11.1 Å². The van der Waals surface area contributed by atoms with Gasteiger partial charge in [-0.15, -0.1) is 11.3 Å². The third kappa shape index (κ3) is 5.34. The molecule has 0 amide bonds. The van der Waals surface area contributed by atoms with Crippen molar-refractivity contribution in [1.82, 2.24) is 4.72 Å². The van der Waals surface area contributed by atoms with Gasteiger partial charge in [0.25, 0.3) is 0 Å². The van der Waals surface area contributed by atoms with Crippen LogP contribution in [0.25, 0.3) is 0 Å². The SMILES string of the molecule is Cc1cc(C)cc(NC(N)=NCCNS(=O)(=O)c2cccs2)c1. The van der Waals surface area contributed by atoms with Gasteiger partial charge in [-0.25, -0.2) is 13.1 Å². The van der Waals surface area contributed by atoms with Gasteiger partial charge in [-0.1, -0.05) is 12.1 Å². The number of aryl methyl sites for hydroxylation is 2. The number of anilines is 1. The third-order valence-corrected chi connectivity index (χ3v) is 5.80. The lowest BCUT2D eigenvalue weighted by atomic mass is 10.1. The molecule has 6 nitrogen and oxygen atoms in total. The minimum atomic E-state index is -3.45. The molecule has 0 spiro atoms. The molecule has 0 aliphatic rings. The van der Waals surface area contributed by atoms with E-state index in [-0.39, 0.29) is 19.0 Å². The van der Waals surface area contributed by atoms with Crippen molar-refractivity contribution in [1.29, 1.82) is 0 Å². The predicted octanol–water partition coefficient (Wildman–Crippen LogP) is 2.07. The average Bonchev–Trinajstić information content (AvgIpc) is 2.97.